The summed E-state index contributed by atoms with van der Waals surface area (Å²) in [6.45, 7) is 3.53. The minimum atomic E-state index is 0.382. The molecule has 0 aliphatic rings. The van der Waals surface area contributed by atoms with Crippen molar-refractivity contribution >= 4 is 26.5 Å². The summed E-state index contributed by atoms with van der Waals surface area (Å²) in [5.74, 6) is 0. The zero-order valence-electron chi connectivity index (χ0n) is 5.00. The first kappa shape index (κ1) is 10.0. The molecule has 0 N–H and O–H groups in total. The van der Waals surface area contributed by atoms with Crippen LogP contribution in [0.5, 0.6) is 0 Å². The number of nitrogens with zero attached hydrogens (tertiary/aromatic N) is 2. The Labute approximate surface area is 74.3 Å². The Balaban J connectivity index is 0.000000236. The van der Waals surface area contributed by atoms with Gasteiger partial charge in [0.25, 0.3) is 0 Å². The monoisotopic (exact) mass is 223 g/mol. The molecule has 0 saturated heterocycles. The fourth-order valence-electron chi connectivity index (χ4n) is 0.377. The van der Waals surface area contributed by atoms with Crippen molar-refractivity contribution < 1.29 is 12.9 Å². The molecule has 0 unspecified atom stereocenters. The first-order chi connectivity index (χ1) is 4.85. The van der Waals surface area contributed by atoms with Crippen molar-refractivity contribution in [3.05, 3.63) is 25.3 Å². The van der Waals surface area contributed by atoms with Crippen LogP contribution >= 0.6 is 20.3 Å². The standard InChI is InChI=1S/C5H6N2.2ClH.Co/c1-2-7-4-3-6-5-7;;;/h2-5H,1H2;2*1H;/q;;;+2/p-2. The van der Waals surface area contributed by atoms with E-state index >= 15 is 0 Å². The van der Waals surface area contributed by atoms with Gasteiger partial charge >= 0.3 is 33.2 Å². The van der Waals surface area contributed by atoms with Crippen LogP contribution in [0.1, 0.15) is 0 Å². The van der Waals surface area contributed by atoms with Crippen molar-refractivity contribution in [2.45, 2.75) is 0 Å². The molecule has 0 fully saturated rings. The van der Waals surface area contributed by atoms with Gasteiger partial charge in [-0.3, -0.25) is 0 Å². The van der Waals surface area contributed by atoms with Crippen molar-refractivity contribution in [2.24, 2.45) is 0 Å². The predicted molar refractivity (Wildman–Crippen MR) is 40.3 cm³/mol. The summed E-state index contributed by atoms with van der Waals surface area (Å²) >= 11 is 0.382. The van der Waals surface area contributed by atoms with Crippen LogP contribution in [0.15, 0.2) is 25.3 Å². The van der Waals surface area contributed by atoms with Gasteiger partial charge in [-0.1, -0.05) is 6.58 Å². The number of hydrogen-bond donors (Lipinski definition) is 0. The normalized spacial score (nSPS) is 8.20. The van der Waals surface area contributed by atoms with Crippen molar-refractivity contribution in [2.75, 3.05) is 0 Å². The Morgan fingerprint density at radius 2 is 2.20 bits per heavy atom. The summed E-state index contributed by atoms with van der Waals surface area (Å²) in [4.78, 5) is 3.78. The van der Waals surface area contributed by atoms with Crippen LogP contribution in [0.25, 0.3) is 6.20 Å². The van der Waals surface area contributed by atoms with Crippen LogP contribution in [0.3, 0.4) is 0 Å². The van der Waals surface area contributed by atoms with Crippen LogP contribution in [-0.4, -0.2) is 9.55 Å². The van der Waals surface area contributed by atoms with Crippen LogP contribution in [-0.2, 0) is 12.9 Å². The second-order valence-electron chi connectivity index (χ2n) is 1.24. The third-order valence-electron chi connectivity index (χ3n) is 0.736. The molecule has 1 heterocycles. The predicted octanol–water partition coefficient (Wildman–Crippen LogP) is 2.36. The summed E-state index contributed by atoms with van der Waals surface area (Å²) in [5.41, 5.74) is 0. The molecule has 0 bridgehead atoms. The van der Waals surface area contributed by atoms with Gasteiger partial charge in [-0.05, 0) is 0 Å². The van der Waals surface area contributed by atoms with Crippen LogP contribution in [0.4, 0.5) is 0 Å². The maximum atomic E-state index is 4.73. The molecule has 0 aromatic carbocycles. The average Bonchev–Trinajstić information content (AvgIpc) is 2.39. The second kappa shape index (κ2) is 7.15. The van der Waals surface area contributed by atoms with Gasteiger partial charge in [0.2, 0.25) is 0 Å². The fraction of sp³-hybridized carbons (Fsp3) is 0. The first-order valence-corrected chi connectivity index (χ1v) is 5.15. The summed E-state index contributed by atoms with van der Waals surface area (Å²) in [6.07, 6.45) is 6.91. The van der Waals surface area contributed by atoms with Gasteiger partial charge in [0, 0.05) is 18.6 Å². The van der Waals surface area contributed by atoms with Crippen LogP contribution < -0.4 is 0 Å². The molecule has 0 aliphatic carbocycles. The van der Waals surface area contributed by atoms with E-state index in [2.05, 4.69) is 11.6 Å². The average molecular weight is 224 g/mol. The molecule has 59 valence electrons. The Hall–Kier alpha value is 0.0365. The zero-order valence-corrected chi connectivity index (χ0v) is 7.55. The molecule has 0 amide bonds. The molecular weight excluding hydrogens is 218 g/mol. The molecule has 5 heteroatoms. The van der Waals surface area contributed by atoms with Crippen molar-refractivity contribution in [1.29, 1.82) is 0 Å². The van der Waals surface area contributed by atoms with E-state index in [-0.39, 0.29) is 0 Å². The van der Waals surface area contributed by atoms with E-state index < -0.39 is 0 Å². The topological polar surface area (TPSA) is 17.8 Å². The van der Waals surface area contributed by atoms with Crippen molar-refractivity contribution in [3.8, 4) is 0 Å². The Morgan fingerprint density at radius 1 is 1.60 bits per heavy atom. The van der Waals surface area contributed by atoms with Crippen LogP contribution in [0.2, 0.25) is 0 Å². The Kier molecular flexibility index (Phi) is 7.17. The third-order valence-corrected chi connectivity index (χ3v) is 0.736. The first-order valence-electron chi connectivity index (χ1n) is 2.28. The summed E-state index contributed by atoms with van der Waals surface area (Å²) < 4.78 is 1.78. The Morgan fingerprint density at radius 3 is 2.40 bits per heavy atom. The van der Waals surface area contributed by atoms with E-state index in [0.29, 0.717) is 12.9 Å². The molecule has 0 saturated carbocycles. The van der Waals surface area contributed by atoms with Gasteiger partial charge in [-0.2, -0.15) is 0 Å². The SMILES string of the molecule is C=Cn1ccnc1.[Cl][Co][Cl]. The molecule has 1 aromatic heterocycles. The molecule has 0 aliphatic heterocycles. The maximum absolute atomic E-state index is 4.73. The Bertz CT molecular complexity index is 164. The third kappa shape index (κ3) is 4.87. The quantitative estimate of drug-likeness (QED) is 0.715. The van der Waals surface area contributed by atoms with E-state index in [0.717, 1.165) is 0 Å². The van der Waals surface area contributed by atoms with E-state index in [1.807, 2.05) is 6.20 Å². The van der Waals surface area contributed by atoms with Crippen molar-refractivity contribution in [1.82, 2.24) is 9.55 Å². The van der Waals surface area contributed by atoms with Gasteiger partial charge in [0.15, 0.2) is 0 Å². The van der Waals surface area contributed by atoms with Gasteiger partial charge < -0.3 is 4.57 Å². The summed E-state index contributed by atoms with van der Waals surface area (Å²) in [5, 5.41) is 0. The molecule has 0 radical (unpaired) electrons. The number of hydrogen-bond acceptors (Lipinski definition) is 1. The summed E-state index contributed by atoms with van der Waals surface area (Å²) in [7, 11) is 9.47. The fourth-order valence-corrected chi connectivity index (χ4v) is 0.377. The molecule has 0 atom stereocenters. The molecule has 2 nitrogen and oxygen atoms in total. The van der Waals surface area contributed by atoms with Gasteiger partial charge in [0.1, 0.15) is 0 Å². The van der Waals surface area contributed by atoms with Crippen LogP contribution in [0, 0.1) is 0 Å². The molecular formula is C5H6Cl2CoN2. The summed E-state index contributed by atoms with van der Waals surface area (Å²) in [6, 6.07) is 0. The van der Waals surface area contributed by atoms with Crippen molar-refractivity contribution in [3.63, 3.8) is 0 Å². The number of imidazole rings is 1. The molecule has 1 aromatic rings. The van der Waals surface area contributed by atoms with E-state index in [1.165, 1.54) is 0 Å². The van der Waals surface area contributed by atoms with E-state index in [9.17, 15) is 0 Å². The minimum absolute atomic E-state index is 0.382. The second-order valence-corrected chi connectivity index (χ2v) is 2.96. The van der Waals surface area contributed by atoms with Gasteiger partial charge in [0.05, 0.1) is 6.33 Å². The van der Waals surface area contributed by atoms with E-state index in [4.69, 9.17) is 20.3 Å². The van der Waals surface area contributed by atoms with Gasteiger partial charge in [-0.25, -0.2) is 4.98 Å². The molecule has 0 spiro atoms. The van der Waals surface area contributed by atoms with E-state index in [1.54, 1.807) is 23.3 Å². The zero-order chi connectivity index (χ0) is 7.82. The number of aromatic nitrogens is 2. The molecule has 10 heavy (non-hydrogen) atoms. The number of halogens is 2. The molecule has 1 rings (SSSR count). The van der Waals surface area contributed by atoms with Gasteiger partial charge in [-0.15, -0.1) is 0 Å². The number of rotatable bonds is 1.